The van der Waals surface area contributed by atoms with Crippen LogP contribution >= 0.6 is 12.4 Å². The summed E-state index contributed by atoms with van der Waals surface area (Å²) >= 11 is 0. The number of fused-ring (bicyclic) bond motifs is 1. The van der Waals surface area contributed by atoms with Crippen LogP contribution in [0.5, 0.6) is 0 Å². The van der Waals surface area contributed by atoms with Gasteiger partial charge in [-0.3, -0.25) is 4.79 Å². The quantitative estimate of drug-likeness (QED) is 0.554. The van der Waals surface area contributed by atoms with E-state index in [9.17, 15) is 4.79 Å². The zero-order valence-electron chi connectivity index (χ0n) is 14.0. The Morgan fingerprint density at radius 2 is 2.00 bits per heavy atom. The SMILES string of the molecule is Cl.O=C(Cc1c[nH]c2ncccc12)NCCNC1CCCCCC1. The molecule has 0 saturated heterocycles. The zero-order chi connectivity index (χ0) is 15.9. The van der Waals surface area contributed by atoms with E-state index in [4.69, 9.17) is 0 Å². The fourth-order valence-electron chi connectivity index (χ4n) is 3.36. The number of amides is 1. The van der Waals surface area contributed by atoms with Crippen LogP contribution in [0.3, 0.4) is 0 Å². The fourth-order valence-corrected chi connectivity index (χ4v) is 3.36. The minimum absolute atomic E-state index is 0. The molecule has 2 heterocycles. The van der Waals surface area contributed by atoms with Crippen molar-refractivity contribution in [1.29, 1.82) is 0 Å². The van der Waals surface area contributed by atoms with Crippen molar-refractivity contribution in [2.75, 3.05) is 13.1 Å². The van der Waals surface area contributed by atoms with Crippen molar-refractivity contribution in [2.24, 2.45) is 0 Å². The van der Waals surface area contributed by atoms with Gasteiger partial charge in [0.25, 0.3) is 0 Å². The predicted octanol–water partition coefficient (Wildman–Crippen LogP) is 2.96. The molecule has 1 saturated carbocycles. The average Bonchev–Trinajstić information content (AvgIpc) is 2.79. The summed E-state index contributed by atoms with van der Waals surface area (Å²) in [4.78, 5) is 19.4. The van der Waals surface area contributed by atoms with Gasteiger partial charge in [0.1, 0.15) is 5.65 Å². The number of nitrogens with zero attached hydrogens (tertiary/aromatic N) is 1. The van der Waals surface area contributed by atoms with Gasteiger partial charge < -0.3 is 15.6 Å². The maximum absolute atomic E-state index is 12.1. The average molecular weight is 351 g/mol. The number of rotatable bonds is 6. The Hall–Kier alpha value is -1.59. The van der Waals surface area contributed by atoms with E-state index in [0.29, 0.717) is 19.0 Å². The summed E-state index contributed by atoms with van der Waals surface area (Å²) in [5.41, 5.74) is 1.84. The molecule has 1 aliphatic rings. The van der Waals surface area contributed by atoms with Gasteiger partial charge in [-0.2, -0.15) is 0 Å². The Kier molecular flexibility index (Phi) is 7.53. The summed E-state index contributed by atoms with van der Waals surface area (Å²) in [6, 6.07) is 4.53. The number of hydrogen-bond acceptors (Lipinski definition) is 3. The maximum Gasteiger partial charge on any atom is 0.224 e. The molecule has 24 heavy (non-hydrogen) atoms. The first kappa shape index (κ1) is 18.7. The van der Waals surface area contributed by atoms with E-state index in [-0.39, 0.29) is 18.3 Å². The Morgan fingerprint density at radius 1 is 1.21 bits per heavy atom. The lowest BCUT2D eigenvalue weighted by molar-refractivity contribution is -0.120. The third-order valence-electron chi connectivity index (χ3n) is 4.62. The number of nitrogens with one attached hydrogen (secondary N) is 3. The van der Waals surface area contributed by atoms with Gasteiger partial charge in [0.2, 0.25) is 5.91 Å². The van der Waals surface area contributed by atoms with Crippen molar-refractivity contribution in [1.82, 2.24) is 20.6 Å². The Labute approximate surface area is 149 Å². The van der Waals surface area contributed by atoms with Crippen LogP contribution in [-0.4, -0.2) is 35.0 Å². The normalized spacial score (nSPS) is 15.7. The minimum Gasteiger partial charge on any atom is -0.355 e. The van der Waals surface area contributed by atoms with Crippen molar-refractivity contribution >= 4 is 29.3 Å². The molecule has 0 atom stereocenters. The molecule has 1 fully saturated rings. The van der Waals surface area contributed by atoms with Crippen molar-refractivity contribution in [2.45, 2.75) is 51.0 Å². The van der Waals surface area contributed by atoms with Crippen LogP contribution in [-0.2, 0) is 11.2 Å². The second kappa shape index (κ2) is 9.64. The van der Waals surface area contributed by atoms with Crippen molar-refractivity contribution < 1.29 is 4.79 Å². The van der Waals surface area contributed by atoms with Gasteiger partial charge in [-0.05, 0) is 30.5 Å². The van der Waals surface area contributed by atoms with E-state index in [2.05, 4.69) is 20.6 Å². The summed E-state index contributed by atoms with van der Waals surface area (Å²) in [5.74, 6) is 0.0671. The van der Waals surface area contributed by atoms with Crippen LogP contribution in [0.1, 0.15) is 44.1 Å². The van der Waals surface area contributed by atoms with E-state index in [1.54, 1.807) is 6.20 Å². The molecule has 0 aromatic carbocycles. The lowest BCUT2D eigenvalue weighted by Crippen LogP contribution is -2.37. The fraction of sp³-hybridized carbons (Fsp3) is 0.556. The number of carbonyl (C=O) groups excluding carboxylic acids is 1. The molecule has 0 spiro atoms. The number of H-pyrrole nitrogens is 1. The molecule has 2 aromatic heterocycles. The lowest BCUT2D eigenvalue weighted by atomic mass is 10.1. The first-order valence-electron chi connectivity index (χ1n) is 8.74. The van der Waals surface area contributed by atoms with E-state index in [1.165, 1.54) is 38.5 Å². The Bertz CT molecular complexity index is 635. The highest BCUT2D eigenvalue weighted by Crippen LogP contribution is 2.17. The first-order valence-corrected chi connectivity index (χ1v) is 8.74. The zero-order valence-corrected chi connectivity index (χ0v) is 14.8. The molecule has 3 N–H and O–H groups in total. The molecule has 0 unspecified atom stereocenters. The van der Waals surface area contributed by atoms with Crippen LogP contribution in [0.15, 0.2) is 24.5 Å². The number of aromatic amines is 1. The Balaban J connectivity index is 0.00000208. The van der Waals surface area contributed by atoms with Crippen molar-refractivity contribution in [3.05, 3.63) is 30.1 Å². The summed E-state index contributed by atoms with van der Waals surface area (Å²) in [7, 11) is 0. The molecule has 132 valence electrons. The number of carbonyl (C=O) groups is 1. The number of pyridine rings is 1. The third-order valence-corrected chi connectivity index (χ3v) is 4.62. The number of aromatic nitrogens is 2. The van der Waals surface area contributed by atoms with Gasteiger partial charge in [-0.25, -0.2) is 4.98 Å². The smallest absolute Gasteiger partial charge is 0.224 e. The van der Waals surface area contributed by atoms with E-state index in [0.717, 1.165) is 23.1 Å². The van der Waals surface area contributed by atoms with E-state index >= 15 is 0 Å². The van der Waals surface area contributed by atoms with Crippen LogP contribution < -0.4 is 10.6 Å². The molecule has 6 heteroatoms. The summed E-state index contributed by atoms with van der Waals surface area (Å²) in [5, 5.41) is 7.61. The molecule has 0 radical (unpaired) electrons. The molecule has 3 rings (SSSR count). The molecule has 5 nitrogen and oxygen atoms in total. The van der Waals surface area contributed by atoms with Gasteiger partial charge in [0, 0.05) is 36.9 Å². The Morgan fingerprint density at radius 3 is 2.79 bits per heavy atom. The summed E-state index contributed by atoms with van der Waals surface area (Å²) in [6.07, 6.45) is 12.0. The lowest BCUT2D eigenvalue weighted by Gasteiger charge is -2.16. The topological polar surface area (TPSA) is 69.8 Å². The van der Waals surface area contributed by atoms with Gasteiger partial charge in [-0.15, -0.1) is 12.4 Å². The molecule has 1 amide bonds. The van der Waals surface area contributed by atoms with Gasteiger partial charge >= 0.3 is 0 Å². The molecule has 0 aliphatic heterocycles. The van der Waals surface area contributed by atoms with Crippen LogP contribution in [0, 0.1) is 0 Å². The molecule has 1 aliphatic carbocycles. The van der Waals surface area contributed by atoms with Crippen LogP contribution in [0.25, 0.3) is 11.0 Å². The van der Waals surface area contributed by atoms with Gasteiger partial charge in [0.15, 0.2) is 0 Å². The summed E-state index contributed by atoms with van der Waals surface area (Å²) in [6.45, 7) is 1.54. The highest BCUT2D eigenvalue weighted by molar-refractivity contribution is 5.87. The van der Waals surface area contributed by atoms with E-state index < -0.39 is 0 Å². The van der Waals surface area contributed by atoms with Crippen LogP contribution in [0.2, 0.25) is 0 Å². The molecular formula is C18H27ClN4O. The predicted molar refractivity (Wildman–Crippen MR) is 99.5 cm³/mol. The van der Waals surface area contributed by atoms with Crippen LogP contribution in [0.4, 0.5) is 0 Å². The second-order valence-electron chi connectivity index (χ2n) is 6.38. The van der Waals surface area contributed by atoms with Crippen molar-refractivity contribution in [3.63, 3.8) is 0 Å². The monoisotopic (exact) mass is 350 g/mol. The maximum atomic E-state index is 12.1. The number of hydrogen-bond donors (Lipinski definition) is 3. The molecular weight excluding hydrogens is 324 g/mol. The first-order chi connectivity index (χ1) is 11.3. The minimum atomic E-state index is 0. The highest BCUT2D eigenvalue weighted by Gasteiger charge is 2.12. The standard InChI is InChI=1S/C18H26N4O.ClH/c23-17(12-14-13-22-18-16(14)8-5-9-21-18)20-11-10-19-15-6-3-1-2-4-7-15;/h5,8-9,13,15,19H,1-4,6-7,10-12H2,(H,20,23)(H,21,22);1H. The van der Waals surface area contributed by atoms with Gasteiger partial charge in [0.05, 0.1) is 6.42 Å². The van der Waals surface area contributed by atoms with E-state index in [1.807, 2.05) is 18.3 Å². The summed E-state index contributed by atoms with van der Waals surface area (Å²) < 4.78 is 0. The third kappa shape index (κ3) is 5.21. The van der Waals surface area contributed by atoms with Gasteiger partial charge in [-0.1, -0.05) is 25.7 Å². The highest BCUT2D eigenvalue weighted by atomic mass is 35.5. The van der Waals surface area contributed by atoms with Crippen molar-refractivity contribution in [3.8, 4) is 0 Å². The largest absolute Gasteiger partial charge is 0.355 e. The molecule has 0 bridgehead atoms. The number of halogens is 1. The second-order valence-corrected chi connectivity index (χ2v) is 6.38. The molecule has 2 aromatic rings.